The number of hydrogen-bond donors (Lipinski definition) is 1. The third-order valence-electron chi connectivity index (χ3n) is 3.35. The summed E-state index contributed by atoms with van der Waals surface area (Å²) in [6.45, 7) is 4.47. The van der Waals surface area contributed by atoms with Gasteiger partial charge < -0.3 is 15.0 Å². The number of aldehydes is 1. The number of likely N-dealkylation sites (tertiary alicyclic amines) is 1. The first-order chi connectivity index (χ1) is 7.81. The van der Waals surface area contributed by atoms with Crippen molar-refractivity contribution >= 4 is 12.2 Å². The minimum Gasteiger partial charge on any atom is -0.342 e. The molecule has 0 aromatic carbocycles. The molecule has 16 heavy (non-hydrogen) atoms. The fourth-order valence-electron chi connectivity index (χ4n) is 2.34. The van der Waals surface area contributed by atoms with E-state index in [2.05, 4.69) is 5.32 Å². The maximum absolute atomic E-state index is 11.9. The molecule has 1 N–H and O–H groups in total. The number of carbonyl (C=O) groups is 2. The van der Waals surface area contributed by atoms with E-state index in [1.165, 1.54) is 0 Å². The van der Waals surface area contributed by atoms with Crippen molar-refractivity contribution in [3.63, 3.8) is 0 Å². The molecule has 1 atom stereocenters. The van der Waals surface area contributed by atoms with E-state index < -0.39 is 0 Å². The van der Waals surface area contributed by atoms with Crippen molar-refractivity contribution in [1.82, 2.24) is 15.1 Å². The Hall–Kier alpha value is -0.940. The number of hydrogen-bond acceptors (Lipinski definition) is 4. The van der Waals surface area contributed by atoms with Crippen molar-refractivity contribution in [3.05, 3.63) is 0 Å². The van der Waals surface area contributed by atoms with Crippen LogP contribution in [0.15, 0.2) is 0 Å². The van der Waals surface area contributed by atoms with E-state index in [0.29, 0.717) is 13.1 Å². The third-order valence-corrected chi connectivity index (χ3v) is 3.35. The summed E-state index contributed by atoms with van der Waals surface area (Å²) in [7, 11) is 0. The van der Waals surface area contributed by atoms with Gasteiger partial charge in [-0.1, -0.05) is 0 Å². The van der Waals surface area contributed by atoms with Gasteiger partial charge in [-0.15, -0.1) is 0 Å². The van der Waals surface area contributed by atoms with Crippen LogP contribution in [0.2, 0.25) is 0 Å². The molecular weight excluding hydrogens is 206 g/mol. The summed E-state index contributed by atoms with van der Waals surface area (Å²) >= 11 is 0. The van der Waals surface area contributed by atoms with Gasteiger partial charge >= 0.3 is 0 Å². The molecule has 0 aromatic rings. The summed E-state index contributed by atoms with van der Waals surface area (Å²) in [5, 5.41) is 3.16. The molecule has 5 heteroatoms. The van der Waals surface area contributed by atoms with Gasteiger partial charge in [0.15, 0.2) is 0 Å². The Balaban J connectivity index is 1.86. The largest absolute Gasteiger partial charge is 0.342 e. The van der Waals surface area contributed by atoms with Crippen LogP contribution in [0.5, 0.6) is 0 Å². The molecule has 0 radical (unpaired) electrons. The highest BCUT2D eigenvalue weighted by Gasteiger charge is 2.26. The molecule has 2 heterocycles. The summed E-state index contributed by atoms with van der Waals surface area (Å²) in [5.74, 6) is 0.172. The first-order valence-corrected chi connectivity index (χ1v) is 5.99. The fraction of sp³-hybridized carbons (Fsp3) is 0.818. The third kappa shape index (κ3) is 2.59. The zero-order valence-electron chi connectivity index (χ0n) is 9.52. The van der Waals surface area contributed by atoms with Crippen molar-refractivity contribution in [2.75, 3.05) is 39.3 Å². The van der Waals surface area contributed by atoms with Crippen LogP contribution in [0.3, 0.4) is 0 Å². The minimum atomic E-state index is -0.139. The maximum atomic E-state index is 11.9. The standard InChI is InChI=1S/C11H19N3O2/c15-9-10-7-12-3-6-14(10)8-11(16)13-4-1-2-5-13/h9-10,12H,1-8H2. The fourth-order valence-corrected chi connectivity index (χ4v) is 2.34. The first kappa shape index (κ1) is 11.5. The minimum absolute atomic E-state index is 0.139. The molecule has 0 aliphatic carbocycles. The molecule has 5 nitrogen and oxygen atoms in total. The Bertz CT molecular complexity index is 264. The van der Waals surface area contributed by atoms with E-state index in [1.54, 1.807) is 0 Å². The second-order valence-electron chi connectivity index (χ2n) is 4.47. The van der Waals surface area contributed by atoms with Gasteiger partial charge in [0.25, 0.3) is 0 Å². The molecule has 2 rings (SSSR count). The SMILES string of the molecule is O=CC1CNCCN1CC(=O)N1CCCC1. The molecule has 0 aromatic heterocycles. The van der Waals surface area contributed by atoms with E-state index in [0.717, 1.165) is 45.3 Å². The molecule has 90 valence electrons. The number of amides is 1. The van der Waals surface area contributed by atoms with Crippen molar-refractivity contribution in [3.8, 4) is 0 Å². The zero-order chi connectivity index (χ0) is 11.4. The lowest BCUT2D eigenvalue weighted by Gasteiger charge is -2.33. The average Bonchev–Trinajstić information content (AvgIpc) is 2.83. The number of carbonyl (C=O) groups excluding carboxylic acids is 2. The quantitative estimate of drug-likeness (QED) is 0.631. The molecular formula is C11H19N3O2. The number of nitrogens with zero attached hydrogens (tertiary/aromatic N) is 2. The monoisotopic (exact) mass is 225 g/mol. The second kappa shape index (κ2) is 5.41. The van der Waals surface area contributed by atoms with Gasteiger partial charge in [0.05, 0.1) is 12.6 Å². The van der Waals surface area contributed by atoms with Gasteiger partial charge in [0.1, 0.15) is 6.29 Å². The summed E-state index contributed by atoms with van der Waals surface area (Å²) < 4.78 is 0. The topological polar surface area (TPSA) is 52.7 Å². The first-order valence-electron chi connectivity index (χ1n) is 5.99. The highest BCUT2D eigenvalue weighted by Crippen LogP contribution is 2.09. The predicted molar refractivity (Wildman–Crippen MR) is 60.1 cm³/mol. The van der Waals surface area contributed by atoms with Crippen LogP contribution in [-0.4, -0.2) is 67.3 Å². The normalized spacial score (nSPS) is 27.0. The van der Waals surface area contributed by atoms with Crippen molar-refractivity contribution in [2.45, 2.75) is 18.9 Å². The number of nitrogens with one attached hydrogen (secondary N) is 1. The Kier molecular flexibility index (Phi) is 3.90. The average molecular weight is 225 g/mol. The van der Waals surface area contributed by atoms with E-state index in [4.69, 9.17) is 0 Å². The summed E-state index contributed by atoms with van der Waals surface area (Å²) in [6.07, 6.45) is 3.16. The van der Waals surface area contributed by atoms with Crippen LogP contribution in [0.1, 0.15) is 12.8 Å². The van der Waals surface area contributed by atoms with Crippen LogP contribution >= 0.6 is 0 Å². The lowest BCUT2D eigenvalue weighted by atomic mass is 10.2. The number of piperazine rings is 1. The molecule has 2 saturated heterocycles. The molecule has 2 fully saturated rings. The van der Waals surface area contributed by atoms with Gasteiger partial charge in [-0.25, -0.2) is 0 Å². The summed E-state index contributed by atoms with van der Waals surface area (Å²) in [6, 6.07) is -0.139. The Morgan fingerprint density at radius 3 is 2.75 bits per heavy atom. The predicted octanol–water partition coefficient (Wildman–Crippen LogP) is -0.918. The van der Waals surface area contributed by atoms with Crippen molar-refractivity contribution in [1.29, 1.82) is 0 Å². The molecule has 2 aliphatic heterocycles. The Labute approximate surface area is 95.8 Å². The Morgan fingerprint density at radius 1 is 1.31 bits per heavy atom. The van der Waals surface area contributed by atoms with Crippen LogP contribution < -0.4 is 5.32 Å². The van der Waals surface area contributed by atoms with Crippen molar-refractivity contribution < 1.29 is 9.59 Å². The van der Waals surface area contributed by atoms with E-state index in [9.17, 15) is 9.59 Å². The molecule has 2 aliphatic rings. The molecule has 1 amide bonds. The second-order valence-corrected chi connectivity index (χ2v) is 4.47. The van der Waals surface area contributed by atoms with Crippen LogP contribution in [0.4, 0.5) is 0 Å². The van der Waals surface area contributed by atoms with E-state index >= 15 is 0 Å². The van der Waals surface area contributed by atoms with Crippen LogP contribution in [-0.2, 0) is 9.59 Å². The Morgan fingerprint density at radius 2 is 2.06 bits per heavy atom. The van der Waals surface area contributed by atoms with Gasteiger partial charge in [0, 0.05) is 32.7 Å². The highest BCUT2D eigenvalue weighted by molar-refractivity contribution is 5.79. The van der Waals surface area contributed by atoms with E-state index in [-0.39, 0.29) is 11.9 Å². The zero-order valence-corrected chi connectivity index (χ0v) is 9.52. The van der Waals surface area contributed by atoms with Crippen LogP contribution in [0, 0.1) is 0 Å². The molecule has 0 saturated carbocycles. The summed E-state index contributed by atoms with van der Waals surface area (Å²) in [5.41, 5.74) is 0. The van der Waals surface area contributed by atoms with Gasteiger partial charge in [-0.3, -0.25) is 9.69 Å². The van der Waals surface area contributed by atoms with Crippen molar-refractivity contribution in [2.24, 2.45) is 0 Å². The van der Waals surface area contributed by atoms with Crippen LogP contribution in [0.25, 0.3) is 0 Å². The molecule has 0 spiro atoms. The highest BCUT2D eigenvalue weighted by atomic mass is 16.2. The van der Waals surface area contributed by atoms with Gasteiger partial charge in [-0.2, -0.15) is 0 Å². The molecule has 1 unspecified atom stereocenters. The maximum Gasteiger partial charge on any atom is 0.236 e. The molecule has 0 bridgehead atoms. The lowest BCUT2D eigenvalue weighted by Crippen LogP contribution is -2.54. The van der Waals surface area contributed by atoms with Gasteiger partial charge in [0.2, 0.25) is 5.91 Å². The number of rotatable bonds is 3. The van der Waals surface area contributed by atoms with Gasteiger partial charge in [-0.05, 0) is 12.8 Å². The van der Waals surface area contributed by atoms with E-state index in [1.807, 2.05) is 9.80 Å². The lowest BCUT2D eigenvalue weighted by molar-refractivity contribution is -0.132. The smallest absolute Gasteiger partial charge is 0.236 e. The summed E-state index contributed by atoms with van der Waals surface area (Å²) in [4.78, 5) is 26.7.